The minimum Gasteiger partial charge on any atom is -0.398 e. The summed E-state index contributed by atoms with van der Waals surface area (Å²) in [5.41, 5.74) is 0. The van der Waals surface area contributed by atoms with E-state index < -0.39 is 17.1 Å². The molecule has 0 aliphatic rings. The highest BCUT2D eigenvalue weighted by Crippen LogP contribution is 2.21. The summed E-state index contributed by atoms with van der Waals surface area (Å²) in [6.07, 6.45) is 0. The van der Waals surface area contributed by atoms with Crippen molar-refractivity contribution < 1.29 is 36.7 Å². The third-order valence-electron chi connectivity index (χ3n) is 4.78. The normalized spacial score (nSPS) is 12.4. The van der Waals surface area contributed by atoms with Crippen LogP contribution in [0.25, 0.3) is 0 Å². The summed E-state index contributed by atoms with van der Waals surface area (Å²) < 4.78 is 43.7. The van der Waals surface area contributed by atoms with Crippen LogP contribution in [0.3, 0.4) is 0 Å². The van der Waals surface area contributed by atoms with E-state index in [1.165, 1.54) is 0 Å². The van der Waals surface area contributed by atoms with Gasteiger partial charge in [0.25, 0.3) is 0 Å². The smallest absolute Gasteiger partial charge is 0.334 e. The van der Waals surface area contributed by atoms with Crippen molar-refractivity contribution in [3.63, 3.8) is 0 Å². The van der Waals surface area contributed by atoms with E-state index >= 15 is 0 Å². The maximum atomic E-state index is 5.52. The Labute approximate surface area is 204 Å². The van der Waals surface area contributed by atoms with Gasteiger partial charge >= 0.3 is 17.1 Å². The van der Waals surface area contributed by atoms with Crippen molar-refractivity contribution in [3.8, 4) is 0 Å². The van der Waals surface area contributed by atoms with Crippen LogP contribution < -0.4 is 0 Å². The summed E-state index contributed by atoms with van der Waals surface area (Å²) in [5, 5.41) is 0. The van der Waals surface area contributed by atoms with Crippen molar-refractivity contribution in [2.45, 2.75) is 76.8 Å². The lowest BCUT2D eigenvalue weighted by atomic mass is 10.8. The van der Waals surface area contributed by atoms with Crippen LogP contribution in [0.1, 0.15) is 27.7 Å². The minimum absolute atomic E-state index is 0.0255. The average Bonchev–Trinajstić information content (AvgIpc) is 2.81. The number of hydrogen-bond donors (Lipinski definition) is 0. The third-order valence-corrected chi connectivity index (χ3v) is 14.0. The fourth-order valence-electron chi connectivity index (χ4n) is 2.35. The van der Waals surface area contributed by atoms with Gasteiger partial charge < -0.3 is 36.7 Å². The van der Waals surface area contributed by atoms with Crippen LogP contribution in [0.15, 0.2) is 0 Å². The first-order valence-electron chi connectivity index (χ1n) is 11.4. The first-order chi connectivity index (χ1) is 15.2. The second kappa shape index (κ2) is 22.0. The van der Waals surface area contributed by atoms with Gasteiger partial charge in [0.05, 0.1) is 0 Å². The quantitative estimate of drug-likeness (QED) is 0.135. The molecule has 0 spiro atoms. The molecule has 8 nitrogen and oxygen atoms in total. The van der Waals surface area contributed by atoms with Crippen molar-refractivity contribution in [3.05, 3.63) is 0 Å². The molecule has 0 heterocycles. The number of hydrogen-bond acceptors (Lipinski definition) is 8. The van der Waals surface area contributed by atoms with Crippen LogP contribution in [-0.2, 0) is 36.7 Å². The Bertz CT molecular complexity index is 354. The van der Waals surface area contributed by atoms with E-state index in [0.717, 1.165) is 24.2 Å². The SMILES string of the molecule is CCOC(OCC)[Si]CC[Si]C(OCC)OCC.CO[Si](C)(CC[Si](C)(OC)OC)OC. The molecule has 0 aromatic rings. The molecule has 0 unspecified atom stereocenters. The predicted molar refractivity (Wildman–Crippen MR) is 136 cm³/mol. The lowest BCUT2D eigenvalue weighted by Gasteiger charge is -2.28. The van der Waals surface area contributed by atoms with Crippen LogP contribution in [-0.4, -0.2) is 103 Å². The second-order valence-electron chi connectivity index (χ2n) is 6.98. The van der Waals surface area contributed by atoms with Gasteiger partial charge in [-0.1, -0.05) is 12.1 Å². The van der Waals surface area contributed by atoms with Gasteiger partial charge in [-0.3, -0.25) is 0 Å². The van der Waals surface area contributed by atoms with Crippen molar-refractivity contribution in [2.75, 3.05) is 54.9 Å². The molecule has 0 rings (SSSR count). The molecule has 0 fully saturated rings. The highest BCUT2D eigenvalue weighted by atomic mass is 28.4. The highest BCUT2D eigenvalue weighted by molar-refractivity contribution is 6.71. The molecule has 0 aromatic heterocycles. The molecule has 12 heteroatoms. The molecule has 192 valence electrons. The molecule has 0 aliphatic heterocycles. The van der Waals surface area contributed by atoms with Gasteiger partial charge in [-0.15, -0.1) is 0 Å². The Balaban J connectivity index is 0. The van der Waals surface area contributed by atoms with Gasteiger partial charge in [0.1, 0.15) is 30.9 Å². The zero-order chi connectivity index (χ0) is 24.9. The molecule has 0 saturated carbocycles. The summed E-state index contributed by atoms with van der Waals surface area (Å²) in [4.78, 5) is 0. The van der Waals surface area contributed by atoms with Crippen LogP contribution >= 0.6 is 0 Å². The van der Waals surface area contributed by atoms with E-state index in [0.29, 0.717) is 45.5 Å². The molecule has 0 N–H and O–H groups in total. The Kier molecular flexibility index (Phi) is 23.9. The molecular formula is C20H48O8Si4. The molecule has 0 aliphatic carbocycles. The lowest BCUT2D eigenvalue weighted by Crippen LogP contribution is -2.42. The van der Waals surface area contributed by atoms with Crippen molar-refractivity contribution in [2.24, 2.45) is 0 Å². The van der Waals surface area contributed by atoms with E-state index in [2.05, 4.69) is 0 Å². The van der Waals surface area contributed by atoms with Crippen LogP contribution in [0.5, 0.6) is 0 Å². The highest BCUT2D eigenvalue weighted by Gasteiger charge is 2.36. The Morgan fingerprint density at radius 3 is 0.969 bits per heavy atom. The molecule has 0 bridgehead atoms. The van der Waals surface area contributed by atoms with Gasteiger partial charge in [0.15, 0.2) is 0 Å². The van der Waals surface area contributed by atoms with Gasteiger partial charge in [0, 0.05) is 54.9 Å². The first-order valence-corrected chi connectivity index (χ1v) is 19.0. The van der Waals surface area contributed by atoms with Crippen molar-refractivity contribution in [1.29, 1.82) is 0 Å². The summed E-state index contributed by atoms with van der Waals surface area (Å²) in [5.74, 6) is -0.0510. The molecule has 0 saturated heterocycles. The zero-order valence-corrected chi connectivity index (χ0v) is 26.1. The topological polar surface area (TPSA) is 73.8 Å². The standard InChI is InChI=1S/C12H26O4Si2.C8H22O4Si2/c1-5-13-11(14-6-2)17-9-10-18-12(15-7-3)16-8-4;1-9-13(5,10-2)7-8-14(6,11-3)12-4/h11-12H,5-10H2,1-4H3;7-8H2,1-6H3. The lowest BCUT2D eigenvalue weighted by molar-refractivity contribution is -0.0838. The Morgan fingerprint density at radius 2 is 0.781 bits per heavy atom. The summed E-state index contributed by atoms with van der Waals surface area (Å²) in [6, 6.07) is 4.04. The maximum absolute atomic E-state index is 5.52. The number of rotatable bonds is 20. The number of ether oxygens (including phenoxy) is 4. The molecule has 0 atom stereocenters. The summed E-state index contributed by atoms with van der Waals surface area (Å²) >= 11 is 0. The van der Waals surface area contributed by atoms with Crippen LogP contribution in [0, 0.1) is 0 Å². The van der Waals surface area contributed by atoms with Crippen molar-refractivity contribution in [1.82, 2.24) is 0 Å². The minimum atomic E-state index is -1.96. The van der Waals surface area contributed by atoms with Gasteiger partial charge in [-0.25, -0.2) is 0 Å². The van der Waals surface area contributed by atoms with Crippen LogP contribution in [0.2, 0.25) is 37.3 Å². The third kappa shape index (κ3) is 17.9. The van der Waals surface area contributed by atoms with Crippen LogP contribution in [0.4, 0.5) is 0 Å². The van der Waals surface area contributed by atoms with E-state index in [-0.39, 0.29) is 11.8 Å². The van der Waals surface area contributed by atoms with E-state index in [1.807, 2.05) is 40.8 Å². The average molecular weight is 529 g/mol. The fraction of sp³-hybridized carbons (Fsp3) is 1.00. The molecule has 0 amide bonds. The predicted octanol–water partition coefficient (Wildman–Crippen LogP) is 3.66. The zero-order valence-electron chi connectivity index (χ0n) is 22.1. The monoisotopic (exact) mass is 528 g/mol. The van der Waals surface area contributed by atoms with E-state index in [9.17, 15) is 0 Å². The summed E-state index contributed by atoms with van der Waals surface area (Å²) in [6.45, 7) is 14.9. The first kappa shape index (κ1) is 34.7. The van der Waals surface area contributed by atoms with E-state index in [4.69, 9.17) is 36.7 Å². The fourth-order valence-corrected chi connectivity index (χ4v) is 9.89. The Morgan fingerprint density at radius 1 is 0.531 bits per heavy atom. The molecular weight excluding hydrogens is 481 g/mol. The molecule has 32 heavy (non-hydrogen) atoms. The molecule has 4 radical (unpaired) electrons. The second-order valence-corrected chi connectivity index (χ2v) is 16.9. The van der Waals surface area contributed by atoms with Gasteiger partial charge in [-0.2, -0.15) is 0 Å². The van der Waals surface area contributed by atoms with Crippen molar-refractivity contribution >= 4 is 36.2 Å². The Hall–Kier alpha value is 0.548. The summed E-state index contributed by atoms with van der Waals surface area (Å²) in [7, 11) is 4.26. The largest absolute Gasteiger partial charge is 0.398 e. The maximum Gasteiger partial charge on any atom is 0.334 e. The van der Waals surface area contributed by atoms with Gasteiger partial charge in [0.2, 0.25) is 0 Å². The van der Waals surface area contributed by atoms with Gasteiger partial charge in [-0.05, 0) is 52.9 Å². The van der Waals surface area contributed by atoms with E-state index in [1.54, 1.807) is 28.4 Å². The molecule has 0 aromatic carbocycles.